The Kier molecular flexibility index (Phi) is 13.4. The Bertz CT molecular complexity index is 2830. The molecule has 0 aliphatic carbocycles. The van der Waals surface area contributed by atoms with Gasteiger partial charge in [0.25, 0.3) is 0 Å². The monoisotopic (exact) mass is 963 g/mol. The van der Waals surface area contributed by atoms with Gasteiger partial charge in [-0.05, 0) is 90.4 Å². The molecule has 0 fully saturated rings. The van der Waals surface area contributed by atoms with Crippen molar-refractivity contribution in [2.45, 2.75) is 129 Å². The largest absolute Gasteiger partial charge is 0.372 e. The van der Waals surface area contributed by atoms with E-state index in [-0.39, 0.29) is 21.7 Å². The molecule has 2 aliphatic rings. The Morgan fingerprint density at radius 1 is 0.292 bits per heavy atom. The number of H-pyrrole nitrogens is 2. The highest BCUT2D eigenvalue weighted by atomic mass is 16.5. The lowest BCUT2D eigenvalue weighted by atomic mass is 9.86. The van der Waals surface area contributed by atoms with Gasteiger partial charge in [-0.3, -0.25) is 9.97 Å². The average Bonchev–Trinajstić information content (AvgIpc) is 4.15. The van der Waals surface area contributed by atoms with Gasteiger partial charge in [0.2, 0.25) is 0 Å². The number of ether oxygens (including phenoxy) is 4. The standard InChI is InChI=1S/C64H74N4O4/c1-61(2,3)41-25-17-37(18-26-41)49-45-33-34-46(65-45)50(38-19-27-42(28-20-38)62(4,5)6)55-59(71-15)60(72-16)56(68-55)52(40-23-31-44(32-24-40)64(10,11)12)48-36-35-47(66-48)51(39-21-29-43(30-22-39)63(7,8)9)54-58(70-14)57(69-13)53(49)67-54/h17-36,57-60,65-66H,1-16H3/t57-,58+,59+,60-. The summed E-state index contributed by atoms with van der Waals surface area (Å²) in [6.07, 6.45) is -2.24. The highest BCUT2D eigenvalue weighted by Gasteiger charge is 2.40. The molecule has 0 spiro atoms. The number of fused-ring (bicyclic) bond motifs is 8. The fourth-order valence-corrected chi connectivity index (χ4v) is 10.5. The fraction of sp³-hybridized carbons (Fsp3) is 0.375. The van der Waals surface area contributed by atoms with Gasteiger partial charge in [-0.15, -0.1) is 0 Å². The second-order valence-electron chi connectivity index (χ2n) is 23.8. The molecule has 8 heteroatoms. The van der Waals surface area contributed by atoms with Crippen LogP contribution in [0.15, 0.2) is 121 Å². The van der Waals surface area contributed by atoms with Crippen LogP contribution in [0.3, 0.4) is 0 Å². The number of nitrogens with zero attached hydrogens (tertiary/aromatic N) is 2. The predicted molar refractivity (Wildman–Crippen MR) is 297 cm³/mol. The van der Waals surface area contributed by atoms with Crippen molar-refractivity contribution in [1.29, 1.82) is 0 Å². The van der Waals surface area contributed by atoms with Crippen LogP contribution in [0.5, 0.6) is 0 Å². The van der Waals surface area contributed by atoms with Crippen LogP contribution in [-0.2, 0) is 40.6 Å². The van der Waals surface area contributed by atoms with E-state index in [2.05, 4.69) is 214 Å². The maximum Gasteiger partial charge on any atom is 0.132 e. The molecule has 4 atom stereocenters. The third-order valence-corrected chi connectivity index (χ3v) is 14.8. The predicted octanol–water partition coefficient (Wildman–Crippen LogP) is 16.3. The zero-order chi connectivity index (χ0) is 51.7. The van der Waals surface area contributed by atoms with Gasteiger partial charge in [0, 0.05) is 72.8 Å². The summed E-state index contributed by atoms with van der Waals surface area (Å²) >= 11 is 0. The number of methoxy groups -OCH3 is 4. The lowest BCUT2D eigenvalue weighted by Crippen LogP contribution is -2.12. The molecule has 0 amide bonds. The number of aromatic amines is 2. The first-order valence-corrected chi connectivity index (χ1v) is 25.4. The number of rotatable bonds is 8. The van der Waals surface area contributed by atoms with E-state index in [1.54, 1.807) is 28.4 Å². The normalized spacial score (nSPS) is 17.7. The van der Waals surface area contributed by atoms with E-state index in [9.17, 15) is 0 Å². The lowest BCUT2D eigenvalue weighted by Gasteiger charge is -2.22. The molecule has 374 valence electrons. The smallest absolute Gasteiger partial charge is 0.132 e. The zero-order valence-electron chi connectivity index (χ0n) is 45.4. The Labute approximate surface area is 427 Å². The van der Waals surface area contributed by atoms with Crippen LogP contribution < -0.4 is 0 Å². The van der Waals surface area contributed by atoms with E-state index in [4.69, 9.17) is 28.9 Å². The molecule has 0 saturated heterocycles. The zero-order valence-corrected chi connectivity index (χ0v) is 45.4. The van der Waals surface area contributed by atoms with Crippen molar-refractivity contribution in [2.75, 3.05) is 28.4 Å². The number of aromatic nitrogens is 4. The van der Waals surface area contributed by atoms with Crippen LogP contribution in [0.1, 0.15) is 153 Å². The minimum Gasteiger partial charge on any atom is -0.372 e. The van der Waals surface area contributed by atoms with E-state index in [0.29, 0.717) is 0 Å². The molecule has 0 saturated carbocycles. The van der Waals surface area contributed by atoms with Crippen LogP contribution >= 0.6 is 0 Å². The molecule has 4 aromatic carbocycles. The van der Waals surface area contributed by atoms with Gasteiger partial charge in [0.15, 0.2) is 0 Å². The Morgan fingerprint density at radius 3 is 0.625 bits per heavy atom. The lowest BCUT2D eigenvalue weighted by molar-refractivity contribution is -0.0325. The van der Waals surface area contributed by atoms with Gasteiger partial charge in [-0.2, -0.15) is 0 Å². The fourth-order valence-electron chi connectivity index (χ4n) is 10.5. The quantitative estimate of drug-likeness (QED) is 0.158. The molecule has 8 bridgehead atoms. The van der Waals surface area contributed by atoms with Crippen LogP contribution in [0.2, 0.25) is 0 Å². The molecule has 2 aliphatic heterocycles. The highest BCUT2D eigenvalue weighted by Crippen LogP contribution is 2.50. The molecule has 7 aromatic rings. The molecular weight excluding hydrogens is 889 g/mol. The highest BCUT2D eigenvalue weighted by molar-refractivity contribution is 5.92. The van der Waals surface area contributed by atoms with Crippen molar-refractivity contribution in [1.82, 2.24) is 19.9 Å². The van der Waals surface area contributed by atoms with E-state index in [0.717, 1.165) is 89.4 Å². The number of hydrogen-bond donors (Lipinski definition) is 2. The van der Waals surface area contributed by atoms with Gasteiger partial charge < -0.3 is 28.9 Å². The van der Waals surface area contributed by atoms with Gasteiger partial charge in [-0.25, -0.2) is 0 Å². The third-order valence-electron chi connectivity index (χ3n) is 14.8. The summed E-state index contributed by atoms with van der Waals surface area (Å²) in [7, 11) is 7.02. The van der Waals surface area contributed by atoms with Gasteiger partial charge in [0.1, 0.15) is 24.4 Å². The molecule has 0 unspecified atom stereocenters. The number of nitrogens with one attached hydrogen (secondary N) is 2. The molecule has 3 aromatic heterocycles. The first kappa shape index (κ1) is 50.8. The Balaban J connectivity index is 1.52. The molecule has 2 N–H and O–H groups in total. The minimum atomic E-state index is -0.559. The van der Waals surface area contributed by atoms with Gasteiger partial charge in [0.05, 0.1) is 22.8 Å². The van der Waals surface area contributed by atoms with Crippen LogP contribution in [-0.4, -0.2) is 48.4 Å². The van der Waals surface area contributed by atoms with Crippen molar-refractivity contribution in [3.8, 4) is 44.5 Å². The summed E-state index contributed by atoms with van der Waals surface area (Å²) in [6, 6.07) is 44.2. The Hall–Kier alpha value is -6.16. The summed E-state index contributed by atoms with van der Waals surface area (Å²) in [5.74, 6) is 0. The number of hydrogen-bond acceptors (Lipinski definition) is 6. The van der Waals surface area contributed by atoms with E-state index < -0.39 is 24.4 Å². The summed E-state index contributed by atoms with van der Waals surface area (Å²) in [4.78, 5) is 19.4. The molecule has 5 heterocycles. The van der Waals surface area contributed by atoms with Crippen LogP contribution in [0, 0.1) is 0 Å². The van der Waals surface area contributed by atoms with E-state index in [1.165, 1.54) is 22.3 Å². The summed E-state index contributed by atoms with van der Waals surface area (Å²) in [5.41, 5.74) is 19.1. The van der Waals surface area contributed by atoms with Crippen molar-refractivity contribution in [2.24, 2.45) is 0 Å². The summed E-state index contributed by atoms with van der Waals surface area (Å²) in [6.45, 7) is 26.9. The van der Waals surface area contributed by atoms with Crippen LogP contribution in [0.4, 0.5) is 0 Å². The van der Waals surface area contributed by atoms with Crippen LogP contribution in [0.25, 0.3) is 66.6 Å². The molecule has 0 radical (unpaired) electrons. The third kappa shape index (κ3) is 9.39. The maximum atomic E-state index is 6.57. The van der Waals surface area contributed by atoms with E-state index >= 15 is 0 Å². The van der Waals surface area contributed by atoms with Crippen molar-refractivity contribution < 1.29 is 18.9 Å². The minimum absolute atomic E-state index is 0.0397. The second kappa shape index (κ2) is 19.0. The second-order valence-corrected chi connectivity index (χ2v) is 23.8. The maximum absolute atomic E-state index is 6.57. The summed E-state index contributed by atoms with van der Waals surface area (Å²) in [5, 5.41) is 0. The van der Waals surface area contributed by atoms with Crippen molar-refractivity contribution in [3.63, 3.8) is 0 Å². The van der Waals surface area contributed by atoms with Gasteiger partial charge in [-0.1, -0.05) is 180 Å². The molecule has 9 rings (SSSR count). The molecule has 72 heavy (non-hydrogen) atoms. The average molecular weight is 963 g/mol. The van der Waals surface area contributed by atoms with Gasteiger partial charge >= 0.3 is 0 Å². The summed E-state index contributed by atoms with van der Waals surface area (Å²) < 4.78 is 26.3. The molecule has 8 nitrogen and oxygen atoms in total. The first-order chi connectivity index (χ1) is 34.0. The number of benzene rings is 4. The van der Waals surface area contributed by atoms with Crippen molar-refractivity contribution in [3.05, 3.63) is 166 Å². The van der Waals surface area contributed by atoms with Crippen molar-refractivity contribution >= 4 is 22.1 Å². The first-order valence-electron chi connectivity index (χ1n) is 25.4. The molecular formula is C64H74N4O4. The van der Waals surface area contributed by atoms with E-state index in [1.807, 2.05) is 0 Å². The Morgan fingerprint density at radius 2 is 0.472 bits per heavy atom. The SMILES string of the molecule is CO[C@@H]1c2nc(c(-c3ccc(C(C)(C)C)cc3)c3ccc([nH]3)c(-c3ccc(C(C)(C)C)cc3)c3nc(c(-c4ccc(C(C)(C)C)cc4)c4ccc([nH]4)c2-c2ccc(C(C)(C)C)cc2)[C@H](OC)[C@@H]3OC)[C@@H]1OC. The topological polar surface area (TPSA) is 94.3 Å².